The maximum absolute atomic E-state index is 11.4. The van der Waals surface area contributed by atoms with Crippen molar-refractivity contribution < 1.29 is 9.59 Å². The van der Waals surface area contributed by atoms with Gasteiger partial charge in [0.1, 0.15) is 0 Å². The van der Waals surface area contributed by atoms with E-state index in [0.717, 1.165) is 23.3 Å². The minimum Gasteiger partial charge on any atom is -0.282 e. The summed E-state index contributed by atoms with van der Waals surface area (Å²) in [5.74, 6) is 8.22. The molecule has 3 aliphatic rings. The van der Waals surface area contributed by atoms with Gasteiger partial charge in [-0.25, -0.2) is 0 Å². The van der Waals surface area contributed by atoms with Crippen molar-refractivity contribution in [3.05, 3.63) is 45.9 Å². The molecule has 1 fully saturated rings. The van der Waals surface area contributed by atoms with Crippen molar-refractivity contribution >= 4 is 104 Å². The van der Waals surface area contributed by atoms with Gasteiger partial charge in [-0.15, -0.1) is 47.0 Å². The topological polar surface area (TPSA) is 34.1 Å². The number of hydrogen-bond donors (Lipinski definition) is 0. The third kappa shape index (κ3) is 10.8. The summed E-state index contributed by atoms with van der Waals surface area (Å²) < 4.78 is 1.18. The van der Waals surface area contributed by atoms with Crippen molar-refractivity contribution in [2.24, 2.45) is 11.8 Å². The summed E-state index contributed by atoms with van der Waals surface area (Å²) in [6.07, 6.45) is 8.36. The van der Waals surface area contributed by atoms with E-state index < -0.39 is 0 Å². The van der Waals surface area contributed by atoms with E-state index in [4.69, 9.17) is 0 Å². The highest BCUT2D eigenvalue weighted by Crippen LogP contribution is 2.45. The lowest BCUT2D eigenvalue weighted by molar-refractivity contribution is -0.107. The summed E-state index contributed by atoms with van der Waals surface area (Å²) in [4.78, 5) is 25.5. The van der Waals surface area contributed by atoms with Crippen molar-refractivity contribution in [1.29, 1.82) is 0 Å². The molecule has 34 heavy (non-hydrogen) atoms. The van der Waals surface area contributed by atoms with Crippen LogP contribution < -0.4 is 0 Å². The minimum absolute atomic E-state index is 0.0615. The molecular formula is C24H32O2S8. The van der Waals surface area contributed by atoms with Gasteiger partial charge in [0, 0.05) is 32.8 Å². The SMILES string of the molecule is C=CC(=O)SCC1=CSC(CSCC2CCCCC2CSCC2SC=C(CSC(=O)C=C)S2)S1. The van der Waals surface area contributed by atoms with Gasteiger partial charge in [0.05, 0.1) is 9.16 Å². The average Bonchev–Trinajstić information content (AvgIpc) is 3.51. The Kier molecular flexibility index (Phi) is 14.7. The largest absolute Gasteiger partial charge is 0.282 e. The number of hydrogen-bond acceptors (Lipinski definition) is 10. The van der Waals surface area contributed by atoms with Crippen LogP contribution in [0.3, 0.4) is 0 Å². The molecule has 0 N–H and O–H groups in total. The van der Waals surface area contributed by atoms with E-state index in [9.17, 15) is 9.59 Å². The second-order valence-corrected chi connectivity index (χ2v) is 17.6. The second kappa shape index (κ2) is 16.8. The molecule has 0 amide bonds. The molecule has 4 unspecified atom stereocenters. The molecule has 0 aromatic carbocycles. The van der Waals surface area contributed by atoms with Crippen LogP contribution in [0.5, 0.6) is 0 Å². The molecule has 1 aliphatic carbocycles. The molecule has 1 saturated carbocycles. The zero-order valence-electron chi connectivity index (χ0n) is 19.2. The Morgan fingerprint density at radius 3 is 1.65 bits per heavy atom. The van der Waals surface area contributed by atoms with E-state index in [0.29, 0.717) is 9.16 Å². The van der Waals surface area contributed by atoms with Gasteiger partial charge in [-0.1, -0.05) is 49.5 Å². The van der Waals surface area contributed by atoms with Gasteiger partial charge < -0.3 is 0 Å². The highest BCUT2D eigenvalue weighted by atomic mass is 32.2. The standard InChI is InChI=1S/C24H32O2S8/c1-3-21(25)29-11-19-13-31-23(33-19)15-27-9-17-7-5-6-8-18(17)10-28-16-24-32-14-20(34-24)12-30-22(26)4-2/h3-4,13-14,17-18,23-24H,1-2,5-12,15-16H2. The summed E-state index contributed by atoms with van der Waals surface area (Å²) in [6, 6.07) is 0. The number of carbonyl (C=O) groups is 2. The average molecular weight is 609 g/mol. The van der Waals surface area contributed by atoms with Crippen LogP contribution in [0.2, 0.25) is 0 Å². The first-order valence-corrected chi connectivity index (χ1v) is 19.3. The highest BCUT2D eigenvalue weighted by Gasteiger charge is 2.27. The minimum atomic E-state index is 0.0615. The van der Waals surface area contributed by atoms with Crippen LogP contribution in [0, 0.1) is 11.8 Å². The Bertz CT molecular complexity index is 717. The first kappa shape index (κ1) is 29.7. The maximum atomic E-state index is 11.4. The van der Waals surface area contributed by atoms with Gasteiger partial charge in [-0.3, -0.25) is 9.59 Å². The van der Waals surface area contributed by atoms with Crippen LogP contribution in [0.25, 0.3) is 0 Å². The maximum Gasteiger partial charge on any atom is 0.211 e. The molecule has 2 aliphatic heterocycles. The number of carbonyl (C=O) groups excluding carboxylic acids is 2. The molecule has 0 spiro atoms. The predicted octanol–water partition coefficient (Wildman–Crippen LogP) is 8.45. The predicted molar refractivity (Wildman–Crippen MR) is 170 cm³/mol. The van der Waals surface area contributed by atoms with E-state index >= 15 is 0 Å². The first-order chi connectivity index (χ1) is 16.6. The number of thioether (sulfide) groups is 8. The molecule has 2 heterocycles. The Morgan fingerprint density at radius 1 is 0.794 bits per heavy atom. The fourth-order valence-corrected chi connectivity index (χ4v) is 14.1. The van der Waals surface area contributed by atoms with E-state index in [-0.39, 0.29) is 10.2 Å². The quantitative estimate of drug-likeness (QED) is 0.179. The molecule has 0 radical (unpaired) electrons. The molecule has 0 bridgehead atoms. The molecule has 2 nitrogen and oxygen atoms in total. The molecule has 3 rings (SSSR count). The second-order valence-electron chi connectivity index (χ2n) is 8.04. The van der Waals surface area contributed by atoms with Crippen LogP contribution in [-0.4, -0.2) is 53.9 Å². The zero-order valence-corrected chi connectivity index (χ0v) is 25.7. The molecular weight excluding hydrogens is 577 g/mol. The van der Waals surface area contributed by atoms with Crippen molar-refractivity contribution in [2.75, 3.05) is 34.5 Å². The van der Waals surface area contributed by atoms with Gasteiger partial charge in [0.2, 0.25) is 10.2 Å². The molecule has 4 atom stereocenters. The summed E-state index contributed by atoms with van der Waals surface area (Å²) in [7, 11) is 0. The Morgan fingerprint density at radius 2 is 1.24 bits per heavy atom. The summed E-state index contributed by atoms with van der Waals surface area (Å²) >= 11 is 14.7. The molecule has 10 heteroatoms. The smallest absolute Gasteiger partial charge is 0.211 e. The van der Waals surface area contributed by atoms with Crippen molar-refractivity contribution in [2.45, 2.75) is 34.8 Å². The highest BCUT2D eigenvalue weighted by molar-refractivity contribution is 8.25. The van der Waals surface area contributed by atoms with Crippen LogP contribution in [-0.2, 0) is 9.59 Å². The Hall–Kier alpha value is 1.10. The van der Waals surface area contributed by atoms with Gasteiger partial charge in [0.25, 0.3) is 0 Å². The third-order valence-electron chi connectivity index (χ3n) is 5.55. The van der Waals surface area contributed by atoms with Crippen LogP contribution >= 0.6 is 94.1 Å². The summed E-state index contributed by atoms with van der Waals surface area (Å²) in [5, 5.41) is 4.61. The Balaban J connectivity index is 1.28. The molecule has 0 aromatic heterocycles. The summed E-state index contributed by atoms with van der Waals surface area (Å²) in [5.41, 5.74) is 0. The van der Waals surface area contributed by atoms with E-state index in [1.54, 1.807) is 0 Å². The van der Waals surface area contributed by atoms with Crippen LogP contribution in [0.1, 0.15) is 25.7 Å². The van der Waals surface area contributed by atoms with Crippen molar-refractivity contribution in [1.82, 2.24) is 0 Å². The Labute approximate surface area is 239 Å². The lowest BCUT2D eigenvalue weighted by atomic mass is 9.81. The molecule has 188 valence electrons. The van der Waals surface area contributed by atoms with Gasteiger partial charge in [0.15, 0.2) is 0 Å². The van der Waals surface area contributed by atoms with Crippen molar-refractivity contribution in [3.8, 4) is 0 Å². The van der Waals surface area contributed by atoms with Gasteiger partial charge in [-0.2, -0.15) is 23.5 Å². The third-order valence-corrected chi connectivity index (χ3v) is 16.4. The van der Waals surface area contributed by atoms with Crippen LogP contribution in [0.15, 0.2) is 45.9 Å². The molecule has 0 saturated heterocycles. The van der Waals surface area contributed by atoms with E-state index in [1.165, 1.54) is 94.2 Å². The monoisotopic (exact) mass is 608 g/mol. The lowest BCUT2D eigenvalue weighted by Crippen LogP contribution is -2.24. The fraction of sp³-hybridized carbons (Fsp3) is 0.583. The lowest BCUT2D eigenvalue weighted by Gasteiger charge is -2.31. The molecule has 0 aromatic rings. The first-order valence-electron chi connectivity index (χ1n) is 11.3. The van der Waals surface area contributed by atoms with Crippen molar-refractivity contribution in [3.63, 3.8) is 0 Å². The van der Waals surface area contributed by atoms with E-state index in [2.05, 4.69) is 47.5 Å². The van der Waals surface area contributed by atoms with Gasteiger partial charge in [-0.05, 0) is 59.2 Å². The fourth-order valence-electron chi connectivity index (χ4n) is 3.79. The van der Waals surface area contributed by atoms with Gasteiger partial charge >= 0.3 is 0 Å². The summed E-state index contributed by atoms with van der Waals surface area (Å²) in [6.45, 7) is 7.09. The number of rotatable bonds is 14. The van der Waals surface area contributed by atoms with Crippen LogP contribution in [0.4, 0.5) is 0 Å². The van der Waals surface area contributed by atoms with E-state index in [1.807, 2.05) is 47.0 Å². The normalized spacial score (nSPS) is 26.7. The zero-order chi connectivity index (χ0) is 24.2.